The quantitative estimate of drug-likeness (QED) is 0.501. The molecule has 0 amide bonds. The SMILES string of the molecule is CCC1=C=CC=CN1. The molecule has 1 rings (SSSR count). The second-order valence-corrected chi connectivity index (χ2v) is 1.65. The highest BCUT2D eigenvalue weighted by molar-refractivity contribution is 5.14. The summed E-state index contributed by atoms with van der Waals surface area (Å²) in [5.41, 5.74) is 4.22. The van der Waals surface area contributed by atoms with Crippen LogP contribution < -0.4 is 5.32 Å². The zero-order chi connectivity index (χ0) is 5.82. The first kappa shape index (κ1) is 5.20. The van der Waals surface area contributed by atoms with Crippen LogP contribution in [-0.2, 0) is 0 Å². The van der Waals surface area contributed by atoms with Crippen molar-refractivity contribution in [2.24, 2.45) is 0 Å². The van der Waals surface area contributed by atoms with Crippen molar-refractivity contribution in [3.05, 3.63) is 29.8 Å². The van der Waals surface area contributed by atoms with Crippen LogP contribution in [0.2, 0.25) is 0 Å². The summed E-state index contributed by atoms with van der Waals surface area (Å²) in [6.07, 6.45) is 6.78. The van der Waals surface area contributed by atoms with Crippen molar-refractivity contribution in [1.29, 1.82) is 0 Å². The van der Waals surface area contributed by atoms with Crippen molar-refractivity contribution < 1.29 is 0 Å². The molecule has 1 N–H and O–H groups in total. The zero-order valence-corrected chi connectivity index (χ0v) is 4.94. The van der Waals surface area contributed by atoms with Crippen molar-refractivity contribution >= 4 is 0 Å². The average Bonchev–Trinajstić information content (AvgIpc) is 1.90. The van der Waals surface area contributed by atoms with Gasteiger partial charge in [0.2, 0.25) is 0 Å². The molecular weight excluding hydrogens is 98.1 g/mol. The predicted octanol–water partition coefficient (Wildman–Crippen LogP) is 1.55. The van der Waals surface area contributed by atoms with Gasteiger partial charge in [-0.05, 0) is 18.6 Å². The van der Waals surface area contributed by atoms with Crippen LogP contribution in [0.3, 0.4) is 0 Å². The van der Waals surface area contributed by atoms with Gasteiger partial charge in [0.15, 0.2) is 0 Å². The average molecular weight is 107 g/mol. The van der Waals surface area contributed by atoms with E-state index in [-0.39, 0.29) is 0 Å². The van der Waals surface area contributed by atoms with E-state index in [9.17, 15) is 0 Å². The van der Waals surface area contributed by atoms with Crippen LogP contribution in [0.15, 0.2) is 29.8 Å². The lowest BCUT2D eigenvalue weighted by Gasteiger charge is -2.00. The first-order valence-electron chi connectivity index (χ1n) is 2.80. The molecule has 0 spiro atoms. The standard InChI is InChI=1S/C7H9N/c1-2-7-5-3-4-6-8-7/h3-4,6,8H,2H2,1H3. The molecule has 1 aliphatic rings. The van der Waals surface area contributed by atoms with Crippen LogP contribution in [0.4, 0.5) is 0 Å². The Kier molecular flexibility index (Phi) is 1.55. The third-order valence-electron chi connectivity index (χ3n) is 1.06. The van der Waals surface area contributed by atoms with Crippen LogP contribution in [0, 0.1) is 0 Å². The number of hydrogen-bond acceptors (Lipinski definition) is 1. The number of rotatable bonds is 1. The summed E-state index contributed by atoms with van der Waals surface area (Å²) < 4.78 is 0. The molecule has 0 bridgehead atoms. The van der Waals surface area contributed by atoms with Gasteiger partial charge in [-0.15, -0.1) is 0 Å². The third-order valence-corrected chi connectivity index (χ3v) is 1.06. The molecule has 42 valence electrons. The third kappa shape index (κ3) is 1.02. The second kappa shape index (κ2) is 2.39. The van der Waals surface area contributed by atoms with Gasteiger partial charge in [0.25, 0.3) is 0 Å². The molecule has 0 aromatic rings. The van der Waals surface area contributed by atoms with Crippen LogP contribution in [-0.4, -0.2) is 0 Å². The Morgan fingerprint density at radius 3 is 3.00 bits per heavy atom. The molecule has 8 heavy (non-hydrogen) atoms. The maximum atomic E-state index is 3.06. The first-order valence-corrected chi connectivity index (χ1v) is 2.80. The Morgan fingerprint density at radius 2 is 2.62 bits per heavy atom. The Bertz CT molecular complexity index is 159. The van der Waals surface area contributed by atoms with Crippen LogP contribution in [0.1, 0.15) is 13.3 Å². The van der Waals surface area contributed by atoms with Crippen molar-refractivity contribution in [2.75, 3.05) is 0 Å². The molecule has 0 saturated carbocycles. The molecule has 0 saturated heterocycles. The van der Waals surface area contributed by atoms with Gasteiger partial charge in [0, 0.05) is 6.20 Å². The highest BCUT2D eigenvalue weighted by Gasteiger charge is 1.86. The maximum absolute atomic E-state index is 3.06. The zero-order valence-electron chi connectivity index (χ0n) is 4.94. The lowest BCUT2D eigenvalue weighted by atomic mass is 10.3. The van der Waals surface area contributed by atoms with E-state index in [2.05, 4.69) is 18.0 Å². The van der Waals surface area contributed by atoms with Gasteiger partial charge in [-0.1, -0.05) is 12.7 Å². The second-order valence-electron chi connectivity index (χ2n) is 1.65. The summed E-state index contributed by atoms with van der Waals surface area (Å²) in [6.45, 7) is 2.10. The minimum Gasteiger partial charge on any atom is -0.359 e. The molecule has 0 aromatic heterocycles. The van der Waals surface area contributed by atoms with E-state index in [1.54, 1.807) is 0 Å². The van der Waals surface area contributed by atoms with E-state index in [0.717, 1.165) is 12.1 Å². The molecule has 0 atom stereocenters. The van der Waals surface area contributed by atoms with E-state index in [1.807, 2.05) is 18.4 Å². The van der Waals surface area contributed by atoms with E-state index >= 15 is 0 Å². The van der Waals surface area contributed by atoms with Gasteiger partial charge >= 0.3 is 0 Å². The van der Waals surface area contributed by atoms with Gasteiger partial charge in [-0.25, -0.2) is 0 Å². The molecule has 1 heterocycles. The molecule has 1 heteroatoms. The molecule has 0 fully saturated rings. The number of allylic oxidation sites excluding steroid dienone is 2. The molecular formula is C7H9N. The minimum atomic E-state index is 1.03. The normalized spacial score (nSPS) is 15.4. The largest absolute Gasteiger partial charge is 0.359 e. The Morgan fingerprint density at radius 1 is 1.75 bits per heavy atom. The van der Waals surface area contributed by atoms with Gasteiger partial charge in [0.05, 0.1) is 5.70 Å². The van der Waals surface area contributed by atoms with E-state index in [1.165, 1.54) is 0 Å². The monoisotopic (exact) mass is 107 g/mol. The molecule has 1 nitrogen and oxygen atoms in total. The lowest BCUT2D eigenvalue weighted by Crippen LogP contribution is -2.03. The smallest absolute Gasteiger partial charge is 0.0574 e. The molecule has 0 unspecified atom stereocenters. The molecule has 0 aromatic carbocycles. The molecule has 1 aliphatic heterocycles. The van der Waals surface area contributed by atoms with Crippen molar-refractivity contribution in [3.63, 3.8) is 0 Å². The fourth-order valence-electron chi connectivity index (χ4n) is 0.591. The fraction of sp³-hybridized carbons (Fsp3) is 0.286. The van der Waals surface area contributed by atoms with Crippen molar-refractivity contribution in [2.45, 2.75) is 13.3 Å². The van der Waals surface area contributed by atoms with Gasteiger partial charge in [0.1, 0.15) is 0 Å². The summed E-state index contributed by atoms with van der Waals surface area (Å²) in [5.74, 6) is 0. The van der Waals surface area contributed by atoms with Gasteiger partial charge in [-0.3, -0.25) is 0 Å². The number of nitrogens with one attached hydrogen (secondary N) is 1. The molecule has 0 radical (unpaired) electrons. The number of hydrogen-bond donors (Lipinski definition) is 1. The summed E-state index contributed by atoms with van der Waals surface area (Å²) in [4.78, 5) is 0. The summed E-state index contributed by atoms with van der Waals surface area (Å²) in [5, 5.41) is 3.06. The Labute approximate surface area is 49.4 Å². The highest BCUT2D eigenvalue weighted by atomic mass is 14.8. The fourth-order valence-corrected chi connectivity index (χ4v) is 0.591. The summed E-state index contributed by atoms with van der Waals surface area (Å²) >= 11 is 0. The summed E-state index contributed by atoms with van der Waals surface area (Å²) in [7, 11) is 0. The first-order chi connectivity index (χ1) is 3.93. The van der Waals surface area contributed by atoms with Crippen LogP contribution >= 0.6 is 0 Å². The van der Waals surface area contributed by atoms with Crippen LogP contribution in [0.5, 0.6) is 0 Å². The van der Waals surface area contributed by atoms with Crippen molar-refractivity contribution in [1.82, 2.24) is 5.32 Å². The minimum absolute atomic E-state index is 1.03. The van der Waals surface area contributed by atoms with E-state index in [4.69, 9.17) is 0 Å². The van der Waals surface area contributed by atoms with Gasteiger partial charge < -0.3 is 5.32 Å². The maximum Gasteiger partial charge on any atom is 0.0574 e. The summed E-state index contributed by atoms with van der Waals surface area (Å²) in [6, 6.07) is 0. The van der Waals surface area contributed by atoms with Crippen molar-refractivity contribution in [3.8, 4) is 0 Å². The van der Waals surface area contributed by atoms with E-state index < -0.39 is 0 Å². The van der Waals surface area contributed by atoms with Crippen LogP contribution in [0.25, 0.3) is 0 Å². The van der Waals surface area contributed by atoms with Gasteiger partial charge in [-0.2, -0.15) is 0 Å². The topological polar surface area (TPSA) is 12.0 Å². The predicted molar refractivity (Wildman–Crippen MR) is 34.2 cm³/mol. The van der Waals surface area contributed by atoms with E-state index in [0.29, 0.717) is 0 Å². The molecule has 0 aliphatic carbocycles. The Balaban J connectivity index is 2.69. The highest BCUT2D eigenvalue weighted by Crippen LogP contribution is 1.95. The lowest BCUT2D eigenvalue weighted by molar-refractivity contribution is 0.942. The Hall–Kier alpha value is -0.940.